The molecule has 1 aliphatic rings. The number of hydrogen-bond donors (Lipinski definition) is 1. The van der Waals surface area contributed by atoms with Crippen LogP contribution in [0.2, 0.25) is 5.02 Å². The molecule has 0 amide bonds. The highest BCUT2D eigenvalue weighted by molar-refractivity contribution is 6.30. The molecule has 1 heterocycles. The van der Waals surface area contributed by atoms with Gasteiger partial charge in [0.05, 0.1) is 12.1 Å². The van der Waals surface area contributed by atoms with Crippen molar-refractivity contribution in [2.45, 2.75) is 32.2 Å². The van der Waals surface area contributed by atoms with Crippen LogP contribution in [0.15, 0.2) is 36.4 Å². The number of rotatable bonds is 4. The molecule has 26 heavy (non-hydrogen) atoms. The topological polar surface area (TPSA) is 42.2 Å². The number of benzene rings is 2. The van der Waals surface area contributed by atoms with Crippen molar-refractivity contribution in [3.05, 3.63) is 69.6 Å². The van der Waals surface area contributed by atoms with Crippen LogP contribution in [0, 0.1) is 5.82 Å². The molecule has 0 unspecified atom stereocenters. The molecule has 1 aromatic heterocycles. The summed E-state index contributed by atoms with van der Waals surface area (Å²) in [5.41, 5.74) is 4.26. The molecule has 134 valence electrons. The van der Waals surface area contributed by atoms with Crippen molar-refractivity contribution < 1.29 is 14.3 Å². The predicted molar refractivity (Wildman–Crippen MR) is 101 cm³/mol. The van der Waals surface area contributed by atoms with Gasteiger partial charge in [-0.25, -0.2) is 4.39 Å². The summed E-state index contributed by atoms with van der Waals surface area (Å²) in [6.07, 6.45) is 1.62. The minimum Gasteiger partial charge on any atom is -0.396 e. The Balaban J connectivity index is 1.99. The number of halogens is 2. The van der Waals surface area contributed by atoms with E-state index in [1.807, 2.05) is 24.3 Å². The number of carbonyl (C=O) groups is 1. The lowest BCUT2D eigenvalue weighted by Gasteiger charge is -2.16. The molecule has 3 nitrogen and oxygen atoms in total. The van der Waals surface area contributed by atoms with Crippen LogP contribution >= 0.6 is 11.6 Å². The standard InChI is InChI=1S/C21H19ClFNO2/c1-12(26)18-8-16(23)9-19-17-7-4-14(11-25)20(17)24(21(18)19)10-13-2-5-15(22)6-3-13/h2-3,5-6,8-9,14,25H,4,7,10-11H2,1H3/t14-/m1/s1. The fourth-order valence-electron chi connectivity index (χ4n) is 4.11. The fourth-order valence-corrected chi connectivity index (χ4v) is 4.23. The van der Waals surface area contributed by atoms with Crippen molar-refractivity contribution in [1.82, 2.24) is 4.57 Å². The van der Waals surface area contributed by atoms with Crippen molar-refractivity contribution in [3.8, 4) is 0 Å². The van der Waals surface area contributed by atoms with Gasteiger partial charge in [-0.15, -0.1) is 0 Å². The molecule has 5 heteroatoms. The van der Waals surface area contributed by atoms with Crippen LogP contribution in [0.25, 0.3) is 10.9 Å². The first kappa shape index (κ1) is 17.3. The Morgan fingerprint density at radius 1 is 1.31 bits per heavy atom. The third-order valence-corrected chi connectivity index (χ3v) is 5.50. The molecule has 3 aromatic rings. The number of fused-ring (bicyclic) bond motifs is 3. The van der Waals surface area contributed by atoms with Gasteiger partial charge in [0.2, 0.25) is 0 Å². The summed E-state index contributed by atoms with van der Waals surface area (Å²) < 4.78 is 16.2. The third-order valence-electron chi connectivity index (χ3n) is 5.25. The van der Waals surface area contributed by atoms with E-state index < -0.39 is 5.82 Å². The number of aliphatic hydroxyl groups is 1. The largest absolute Gasteiger partial charge is 0.396 e. The minimum absolute atomic E-state index is 0.00701. The molecule has 2 aromatic carbocycles. The number of nitrogens with zero attached hydrogens (tertiary/aromatic N) is 1. The molecule has 0 spiro atoms. The zero-order chi connectivity index (χ0) is 18.4. The maximum absolute atomic E-state index is 14.2. The first-order valence-electron chi connectivity index (χ1n) is 8.70. The quantitative estimate of drug-likeness (QED) is 0.675. The van der Waals surface area contributed by atoms with E-state index in [9.17, 15) is 14.3 Å². The SMILES string of the molecule is CC(=O)c1cc(F)cc2c3c(n(Cc4ccc(Cl)cc4)c12)[C@@H](CO)CC3. The number of aliphatic hydroxyl groups excluding tert-OH is 1. The van der Waals surface area contributed by atoms with E-state index in [1.54, 1.807) is 0 Å². The van der Waals surface area contributed by atoms with E-state index in [1.165, 1.54) is 19.1 Å². The van der Waals surface area contributed by atoms with Crippen molar-refractivity contribution in [2.75, 3.05) is 6.61 Å². The Morgan fingerprint density at radius 2 is 2.04 bits per heavy atom. The molecule has 0 saturated carbocycles. The van der Waals surface area contributed by atoms with E-state index >= 15 is 0 Å². The molecule has 4 rings (SSSR count). The molecule has 0 fully saturated rings. The maximum Gasteiger partial charge on any atom is 0.162 e. The Hall–Kier alpha value is -2.17. The maximum atomic E-state index is 14.2. The monoisotopic (exact) mass is 371 g/mol. The molecular weight excluding hydrogens is 353 g/mol. The second kappa shape index (κ2) is 6.53. The van der Waals surface area contributed by atoms with Crippen molar-refractivity contribution >= 4 is 28.3 Å². The second-order valence-corrected chi connectivity index (χ2v) is 7.34. The van der Waals surface area contributed by atoms with Gasteiger partial charge < -0.3 is 9.67 Å². The first-order chi connectivity index (χ1) is 12.5. The lowest BCUT2D eigenvalue weighted by atomic mass is 10.0. The van der Waals surface area contributed by atoms with Crippen LogP contribution < -0.4 is 0 Å². The van der Waals surface area contributed by atoms with Crippen molar-refractivity contribution in [1.29, 1.82) is 0 Å². The number of Topliss-reactive ketones (excluding diaryl/α,β-unsaturated/α-hetero) is 1. The average molecular weight is 372 g/mol. The van der Waals surface area contributed by atoms with Crippen LogP contribution in [0.4, 0.5) is 4.39 Å². The van der Waals surface area contributed by atoms with Crippen LogP contribution in [0.5, 0.6) is 0 Å². The summed E-state index contributed by atoms with van der Waals surface area (Å²) >= 11 is 5.99. The predicted octanol–water partition coefficient (Wildman–Crippen LogP) is 4.71. The Labute approximate surface area is 156 Å². The molecule has 0 bridgehead atoms. The van der Waals surface area contributed by atoms with Gasteiger partial charge in [0.25, 0.3) is 0 Å². The summed E-state index contributed by atoms with van der Waals surface area (Å²) in [6.45, 7) is 2.05. The van der Waals surface area contributed by atoms with E-state index in [4.69, 9.17) is 11.6 Å². The summed E-state index contributed by atoms with van der Waals surface area (Å²) in [6, 6.07) is 10.4. The smallest absolute Gasteiger partial charge is 0.162 e. The molecule has 1 N–H and O–H groups in total. The Morgan fingerprint density at radius 3 is 2.69 bits per heavy atom. The molecule has 0 saturated heterocycles. The van der Waals surface area contributed by atoms with E-state index in [2.05, 4.69) is 4.57 Å². The van der Waals surface area contributed by atoms with Gasteiger partial charge in [-0.2, -0.15) is 0 Å². The third kappa shape index (κ3) is 2.74. The zero-order valence-corrected chi connectivity index (χ0v) is 15.2. The number of aromatic nitrogens is 1. The second-order valence-electron chi connectivity index (χ2n) is 6.90. The van der Waals surface area contributed by atoms with E-state index in [0.29, 0.717) is 17.1 Å². The molecular formula is C21H19ClFNO2. The summed E-state index contributed by atoms with van der Waals surface area (Å²) in [4.78, 5) is 12.2. The van der Waals surface area contributed by atoms with Crippen LogP contribution in [0.1, 0.15) is 46.4 Å². The number of ketones is 1. The van der Waals surface area contributed by atoms with Gasteiger partial charge in [0, 0.05) is 34.1 Å². The highest BCUT2D eigenvalue weighted by Gasteiger charge is 2.31. The lowest BCUT2D eigenvalue weighted by Crippen LogP contribution is -2.11. The minimum atomic E-state index is -0.401. The normalized spacial score (nSPS) is 16.2. The Kier molecular flexibility index (Phi) is 4.33. The lowest BCUT2D eigenvalue weighted by molar-refractivity contribution is 0.101. The van der Waals surface area contributed by atoms with Gasteiger partial charge in [-0.05, 0) is 55.2 Å². The van der Waals surface area contributed by atoms with Crippen LogP contribution in [-0.2, 0) is 13.0 Å². The van der Waals surface area contributed by atoms with Gasteiger partial charge in [0.1, 0.15) is 5.82 Å². The van der Waals surface area contributed by atoms with Crippen molar-refractivity contribution in [2.24, 2.45) is 0 Å². The highest BCUT2D eigenvalue weighted by atomic mass is 35.5. The van der Waals surface area contributed by atoms with Gasteiger partial charge in [-0.1, -0.05) is 23.7 Å². The molecule has 1 aliphatic carbocycles. The molecule has 0 aliphatic heterocycles. The first-order valence-corrected chi connectivity index (χ1v) is 9.08. The summed E-state index contributed by atoms with van der Waals surface area (Å²) in [7, 11) is 0. The fraction of sp³-hybridized carbons (Fsp3) is 0.286. The Bertz CT molecular complexity index is 1010. The average Bonchev–Trinajstić information content (AvgIpc) is 3.16. The number of carbonyl (C=O) groups excluding carboxylic acids is 1. The number of hydrogen-bond acceptors (Lipinski definition) is 2. The van der Waals surface area contributed by atoms with Crippen molar-refractivity contribution in [3.63, 3.8) is 0 Å². The zero-order valence-electron chi connectivity index (χ0n) is 14.4. The van der Waals surface area contributed by atoms with Gasteiger partial charge >= 0.3 is 0 Å². The van der Waals surface area contributed by atoms with Gasteiger partial charge in [0.15, 0.2) is 5.78 Å². The molecule has 1 atom stereocenters. The number of aryl methyl sites for hydroxylation is 1. The van der Waals surface area contributed by atoms with Crippen LogP contribution in [0.3, 0.4) is 0 Å². The summed E-state index contributed by atoms with van der Waals surface area (Å²) in [5, 5.41) is 11.3. The molecule has 0 radical (unpaired) electrons. The highest BCUT2D eigenvalue weighted by Crippen LogP contribution is 2.41. The van der Waals surface area contributed by atoms with Crippen LogP contribution in [-0.4, -0.2) is 22.1 Å². The summed E-state index contributed by atoms with van der Waals surface area (Å²) in [5.74, 6) is -0.558. The van der Waals surface area contributed by atoms with E-state index in [-0.39, 0.29) is 18.3 Å². The van der Waals surface area contributed by atoms with Gasteiger partial charge in [-0.3, -0.25) is 4.79 Å². The van der Waals surface area contributed by atoms with E-state index in [0.717, 1.165) is 40.6 Å².